The first-order valence-corrected chi connectivity index (χ1v) is 9.28. The minimum Gasteiger partial charge on any atom is -0.457 e. The molecule has 0 N–H and O–H groups in total. The van der Waals surface area contributed by atoms with Crippen molar-refractivity contribution in [2.75, 3.05) is 13.2 Å². The van der Waals surface area contributed by atoms with Crippen LogP contribution in [0.5, 0.6) is 11.5 Å². The molecular weight excluding hydrogens is 327 g/mol. The summed E-state index contributed by atoms with van der Waals surface area (Å²) in [5, 5.41) is 0. The fourth-order valence-electron chi connectivity index (χ4n) is 2.52. The first kappa shape index (κ1) is 20.0. The van der Waals surface area contributed by atoms with E-state index in [1.807, 2.05) is 31.2 Å². The molecule has 0 saturated carbocycles. The largest absolute Gasteiger partial charge is 0.457 e. The lowest BCUT2D eigenvalue weighted by molar-refractivity contribution is 0.123. The Balaban J connectivity index is 2.11. The molecule has 0 aliphatic heterocycles. The zero-order valence-electron chi connectivity index (χ0n) is 15.8. The van der Waals surface area contributed by atoms with E-state index in [4.69, 9.17) is 9.47 Å². The highest BCUT2D eigenvalue weighted by Crippen LogP contribution is 2.28. The first-order valence-electron chi connectivity index (χ1n) is 9.28. The second-order valence-electron chi connectivity index (χ2n) is 6.34. The molecular formula is C23H27FO2. The van der Waals surface area contributed by atoms with E-state index < -0.39 is 0 Å². The molecule has 0 aromatic heterocycles. The normalized spacial score (nSPS) is 11.5. The molecule has 2 rings (SSSR count). The highest BCUT2D eigenvalue weighted by molar-refractivity contribution is 5.42. The van der Waals surface area contributed by atoms with Gasteiger partial charge >= 0.3 is 0 Å². The van der Waals surface area contributed by atoms with Gasteiger partial charge in [0.05, 0.1) is 6.61 Å². The van der Waals surface area contributed by atoms with E-state index in [1.54, 1.807) is 12.1 Å². The summed E-state index contributed by atoms with van der Waals surface area (Å²) in [5.74, 6) is 7.31. The molecule has 2 aromatic carbocycles. The minimum atomic E-state index is -0.232. The van der Waals surface area contributed by atoms with Crippen LogP contribution in [0.25, 0.3) is 0 Å². The van der Waals surface area contributed by atoms with Crippen LogP contribution in [-0.4, -0.2) is 13.2 Å². The molecule has 138 valence electrons. The van der Waals surface area contributed by atoms with Crippen molar-refractivity contribution in [2.45, 2.75) is 46.0 Å². The van der Waals surface area contributed by atoms with Gasteiger partial charge in [0.15, 0.2) is 0 Å². The maximum Gasteiger partial charge on any atom is 0.128 e. The minimum absolute atomic E-state index is 0.0312. The monoisotopic (exact) mass is 354 g/mol. The number of unbranched alkanes of at least 4 members (excludes halogenated alkanes) is 1. The van der Waals surface area contributed by atoms with Gasteiger partial charge in [0.1, 0.15) is 17.3 Å². The van der Waals surface area contributed by atoms with E-state index in [1.165, 1.54) is 6.07 Å². The maximum atomic E-state index is 14.2. The lowest BCUT2D eigenvalue weighted by Crippen LogP contribution is -2.07. The van der Waals surface area contributed by atoms with Crippen LogP contribution in [0.4, 0.5) is 4.39 Å². The van der Waals surface area contributed by atoms with E-state index >= 15 is 0 Å². The van der Waals surface area contributed by atoms with Gasteiger partial charge in [0.25, 0.3) is 0 Å². The van der Waals surface area contributed by atoms with Crippen LogP contribution >= 0.6 is 0 Å². The highest BCUT2D eigenvalue weighted by atomic mass is 19.1. The van der Waals surface area contributed by atoms with Gasteiger partial charge in [0.2, 0.25) is 0 Å². The lowest BCUT2D eigenvalue weighted by atomic mass is 10.0. The summed E-state index contributed by atoms with van der Waals surface area (Å²) in [6.45, 7) is 7.31. The molecule has 0 saturated heterocycles. The van der Waals surface area contributed by atoms with Gasteiger partial charge < -0.3 is 9.47 Å². The zero-order chi connectivity index (χ0) is 18.8. The summed E-state index contributed by atoms with van der Waals surface area (Å²) in [5.41, 5.74) is 1.53. The third-order valence-electron chi connectivity index (χ3n) is 3.89. The number of hydrogen-bond donors (Lipinski definition) is 0. The van der Waals surface area contributed by atoms with E-state index in [2.05, 4.69) is 25.7 Å². The fourth-order valence-corrected chi connectivity index (χ4v) is 2.52. The van der Waals surface area contributed by atoms with E-state index in [0.717, 1.165) is 24.8 Å². The maximum absolute atomic E-state index is 14.2. The zero-order valence-corrected chi connectivity index (χ0v) is 15.8. The summed E-state index contributed by atoms with van der Waals surface area (Å²) in [4.78, 5) is 0. The second-order valence-corrected chi connectivity index (χ2v) is 6.34. The van der Waals surface area contributed by atoms with Crippen LogP contribution < -0.4 is 4.74 Å². The molecule has 0 radical (unpaired) electrons. The topological polar surface area (TPSA) is 18.5 Å². The number of halogens is 1. The predicted molar refractivity (Wildman–Crippen MR) is 104 cm³/mol. The van der Waals surface area contributed by atoms with Gasteiger partial charge in [-0.3, -0.25) is 0 Å². The molecule has 3 heteroatoms. The van der Waals surface area contributed by atoms with Gasteiger partial charge in [-0.05, 0) is 54.8 Å². The fraction of sp³-hybridized carbons (Fsp3) is 0.391. The van der Waals surface area contributed by atoms with Crippen LogP contribution in [0.2, 0.25) is 0 Å². The quantitative estimate of drug-likeness (QED) is 0.409. The van der Waals surface area contributed by atoms with Crippen molar-refractivity contribution < 1.29 is 13.9 Å². The van der Waals surface area contributed by atoms with Gasteiger partial charge in [-0.15, -0.1) is 0 Å². The van der Waals surface area contributed by atoms with Crippen LogP contribution in [0.15, 0.2) is 42.5 Å². The predicted octanol–water partition coefficient (Wildman–Crippen LogP) is 6.30. The molecule has 0 heterocycles. The molecule has 1 unspecified atom stereocenters. The highest BCUT2D eigenvalue weighted by Gasteiger charge is 2.13. The molecule has 2 aromatic rings. The Kier molecular flexibility index (Phi) is 8.18. The van der Waals surface area contributed by atoms with Crippen molar-refractivity contribution in [3.8, 4) is 23.3 Å². The molecule has 0 fully saturated rings. The number of hydrogen-bond acceptors (Lipinski definition) is 2. The number of ether oxygens (including phenoxy) is 2. The second kappa shape index (κ2) is 10.6. The Labute approximate surface area is 156 Å². The van der Waals surface area contributed by atoms with Crippen molar-refractivity contribution in [1.29, 1.82) is 0 Å². The summed E-state index contributed by atoms with van der Waals surface area (Å²) in [6.07, 6.45) is 2.88. The summed E-state index contributed by atoms with van der Waals surface area (Å²) >= 11 is 0. The molecule has 0 aliphatic carbocycles. The van der Waals surface area contributed by atoms with Crippen LogP contribution in [-0.2, 0) is 4.74 Å². The van der Waals surface area contributed by atoms with E-state index in [9.17, 15) is 4.39 Å². The Hall–Kier alpha value is -2.31. The van der Waals surface area contributed by atoms with Crippen molar-refractivity contribution in [3.63, 3.8) is 0 Å². The van der Waals surface area contributed by atoms with Crippen molar-refractivity contribution >= 4 is 0 Å². The van der Waals surface area contributed by atoms with Crippen molar-refractivity contribution in [3.05, 3.63) is 59.4 Å². The molecule has 0 amide bonds. The average molecular weight is 354 g/mol. The molecule has 0 bridgehead atoms. The summed E-state index contributed by atoms with van der Waals surface area (Å²) < 4.78 is 25.6. The third kappa shape index (κ3) is 6.20. The molecule has 2 nitrogen and oxygen atoms in total. The standard InChI is InChI=1S/C23H27FO2/c1-4-6-7-9-19-10-8-11-20(15-19)26-21-12-13-23(24)22(16-21)18(3)17-25-14-5-2/h8,10-13,15-16,18H,4-6,14,17H2,1-3H3. The van der Waals surface area contributed by atoms with Gasteiger partial charge in [-0.25, -0.2) is 4.39 Å². The molecule has 1 atom stereocenters. The lowest BCUT2D eigenvalue weighted by Gasteiger charge is -2.15. The smallest absolute Gasteiger partial charge is 0.128 e. The van der Waals surface area contributed by atoms with Gasteiger partial charge in [-0.2, -0.15) is 0 Å². The Morgan fingerprint density at radius 3 is 2.62 bits per heavy atom. The van der Waals surface area contributed by atoms with Crippen LogP contribution in [0.1, 0.15) is 57.1 Å². The molecule has 26 heavy (non-hydrogen) atoms. The van der Waals surface area contributed by atoms with Crippen molar-refractivity contribution in [1.82, 2.24) is 0 Å². The van der Waals surface area contributed by atoms with E-state index in [0.29, 0.717) is 30.3 Å². The molecule has 0 aliphatic rings. The average Bonchev–Trinajstić information content (AvgIpc) is 2.64. The van der Waals surface area contributed by atoms with Gasteiger partial charge in [-0.1, -0.05) is 38.7 Å². The summed E-state index contributed by atoms with van der Waals surface area (Å²) in [7, 11) is 0. The first-order chi connectivity index (χ1) is 12.6. The molecule has 0 spiro atoms. The van der Waals surface area contributed by atoms with Crippen LogP contribution in [0.3, 0.4) is 0 Å². The third-order valence-corrected chi connectivity index (χ3v) is 3.89. The Morgan fingerprint density at radius 2 is 1.85 bits per heavy atom. The number of rotatable bonds is 8. The summed E-state index contributed by atoms with van der Waals surface area (Å²) in [6, 6.07) is 12.5. The van der Waals surface area contributed by atoms with Crippen LogP contribution in [0, 0.1) is 17.7 Å². The SMILES string of the molecule is CCCC#Cc1cccc(Oc2ccc(F)c(C(C)COCCC)c2)c1. The Bertz CT molecular complexity index is 758. The van der Waals surface area contributed by atoms with E-state index in [-0.39, 0.29) is 11.7 Å². The number of benzene rings is 2. The van der Waals surface area contributed by atoms with Gasteiger partial charge in [0, 0.05) is 24.5 Å². The van der Waals surface area contributed by atoms with Crippen molar-refractivity contribution in [2.24, 2.45) is 0 Å². The Morgan fingerprint density at radius 1 is 1.04 bits per heavy atom.